The lowest BCUT2D eigenvalue weighted by Gasteiger charge is -2.40. The van der Waals surface area contributed by atoms with Gasteiger partial charge in [-0.05, 0) is 58.3 Å². The predicted molar refractivity (Wildman–Crippen MR) is 105 cm³/mol. The Bertz CT molecular complexity index is 866. The third-order valence-corrected chi connectivity index (χ3v) is 7.25. The molecule has 5 rings (SSSR count). The Morgan fingerprint density at radius 2 is 1.86 bits per heavy atom. The van der Waals surface area contributed by atoms with Gasteiger partial charge >= 0.3 is 0 Å². The summed E-state index contributed by atoms with van der Waals surface area (Å²) in [6.07, 6.45) is 4.04. The highest BCUT2D eigenvalue weighted by atomic mass is 16.5. The maximum absolute atomic E-state index is 13.7. The van der Waals surface area contributed by atoms with Crippen molar-refractivity contribution in [1.29, 1.82) is 0 Å². The Morgan fingerprint density at radius 1 is 1.14 bits per heavy atom. The molecule has 2 aromatic rings. The molecule has 2 aliphatic heterocycles. The van der Waals surface area contributed by atoms with Crippen LogP contribution in [0.15, 0.2) is 34.9 Å². The molecule has 0 radical (unpaired) electrons. The molecule has 148 valence electrons. The maximum Gasteiger partial charge on any atom is 0.233 e. The second-order valence-electron chi connectivity index (χ2n) is 9.03. The normalized spacial score (nSPS) is 25.9. The van der Waals surface area contributed by atoms with Crippen molar-refractivity contribution in [3.8, 4) is 0 Å². The monoisotopic (exact) mass is 380 g/mol. The lowest BCUT2D eigenvalue weighted by molar-refractivity contribution is -0.133. The summed E-state index contributed by atoms with van der Waals surface area (Å²) < 4.78 is 5.60. The molecule has 28 heavy (non-hydrogen) atoms. The highest BCUT2D eigenvalue weighted by molar-refractivity contribution is 5.91. The summed E-state index contributed by atoms with van der Waals surface area (Å²) in [5.41, 5.74) is 0.899. The number of aromatic nitrogens is 2. The van der Waals surface area contributed by atoms with E-state index in [1.54, 1.807) is 0 Å². The summed E-state index contributed by atoms with van der Waals surface area (Å²) in [4.78, 5) is 22.7. The van der Waals surface area contributed by atoms with Gasteiger partial charge in [-0.2, -0.15) is 4.98 Å². The first kappa shape index (κ1) is 17.9. The summed E-state index contributed by atoms with van der Waals surface area (Å²) in [5.74, 6) is 1.81. The molecule has 0 bridgehead atoms. The van der Waals surface area contributed by atoms with Crippen molar-refractivity contribution in [2.75, 3.05) is 33.2 Å². The molecule has 3 heterocycles. The summed E-state index contributed by atoms with van der Waals surface area (Å²) in [6, 6.07) is 10.3. The third kappa shape index (κ3) is 2.77. The largest absolute Gasteiger partial charge is 0.341 e. The molecule has 1 aromatic carbocycles. The van der Waals surface area contributed by atoms with Crippen molar-refractivity contribution in [3.05, 3.63) is 47.6 Å². The van der Waals surface area contributed by atoms with E-state index >= 15 is 0 Å². The topological polar surface area (TPSA) is 62.5 Å². The summed E-state index contributed by atoms with van der Waals surface area (Å²) >= 11 is 0. The zero-order valence-corrected chi connectivity index (χ0v) is 16.7. The highest BCUT2D eigenvalue weighted by Crippen LogP contribution is 2.54. The van der Waals surface area contributed by atoms with Gasteiger partial charge in [-0.25, -0.2) is 0 Å². The van der Waals surface area contributed by atoms with E-state index in [0.29, 0.717) is 18.3 Å². The molecule has 1 aliphatic carbocycles. The number of benzene rings is 1. The van der Waals surface area contributed by atoms with Gasteiger partial charge in [0.1, 0.15) is 0 Å². The van der Waals surface area contributed by atoms with Gasteiger partial charge in [0.2, 0.25) is 11.8 Å². The molecule has 2 saturated heterocycles. The van der Waals surface area contributed by atoms with E-state index in [2.05, 4.69) is 39.1 Å². The van der Waals surface area contributed by atoms with Gasteiger partial charge in [-0.3, -0.25) is 4.79 Å². The zero-order valence-electron chi connectivity index (χ0n) is 16.7. The number of likely N-dealkylation sites (tertiary alicyclic amines) is 2. The molecule has 1 aromatic heterocycles. The van der Waals surface area contributed by atoms with Gasteiger partial charge in [0, 0.05) is 18.5 Å². The Balaban J connectivity index is 1.45. The fourth-order valence-corrected chi connectivity index (χ4v) is 5.30. The van der Waals surface area contributed by atoms with Crippen LogP contribution in [0.5, 0.6) is 0 Å². The second-order valence-corrected chi connectivity index (χ2v) is 9.03. The lowest BCUT2D eigenvalue weighted by Crippen LogP contribution is -2.43. The van der Waals surface area contributed by atoms with Crippen LogP contribution in [0.25, 0.3) is 0 Å². The van der Waals surface area contributed by atoms with Crippen LogP contribution < -0.4 is 0 Å². The van der Waals surface area contributed by atoms with Crippen LogP contribution in [0.2, 0.25) is 0 Å². The molecule has 3 aliphatic rings. The van der Waals surface area contributed by atoms with Gasteiger partial charge < -0.3 is 14.3 Å². The second kappa shape index (κ2) is 6.41. The Hall–Kier alpha value is -2.21. The maximum atomic E-state index is 13.7. The lowest BCUT2D eigenvalue weighted by atomic mass is 9.71. The standard InChI is InChI=1S/C22H28N4O2/c1-16-23-19(28-24-16)18-14-26(15-21(18)10-12-25(2)13-11-21)20(27)22(8-9-22)17-6-4-3-5-7-17/h3-7,18H,8-15H2,1-2H3. The minimum atomic E-state index is -0.312. The van der Waals surface area contributed by atoms with E-state index in [1.807, 2.05) is 25.1 Å². The number of hydrogen-bond donors (Lipinski definition) is 0. The smallest absolute Gasteiger partial charge is 0.233 e. The van der Waals surface area contributed by atoms with Crippen molar-refractivity contribution in [1.82, 2.24) is 19.9 Å². The van der Waals surface area contributed by atoms with Crippen molar-refractivity contribution in [2.24, 2.45) is 5.41 Å². The van der Waals surface area contributed by atoms with Crippen LogP contribution in [0.3, 0.4) is 0 Å². The van der Waals surface area contributed by atoms with Gasteiger partial charge in [-0.15, -0.1) is 0 Å². The van der Waals surface area contributed by atoms with Crippen molar-refractivity contribution >= 4 is 5.91 Å². The van der Waals surface area contributed by atoms with Gasteiger partial charge in [0.15, 0.2) is 5.82 Å². The van der Waals surface area contributed by atoms with Crippen molar-refractivity contribution < 1.29 is 9.32 Å². The number of amides is 1. The first-order valence-corrected chi connectivity index (χ1v) is 10.4. The number of piperidine rings is 1. The minimum Gasteiger partial charge on any atom is -0.341 e. The molecular formula is C22H28N4O2. The third-order valence-electron chi connectivity index (χ3n) is 7.25. The van der Waals surface area contributed by atoms with Crippen LogP contribution in [0.1, 0.15) is 48.9 Å². The van der Waals surface area contributed by atoms with Crippen LogP contribution in [-0.4, -0.2) is 59.1 Å². The molecule has 3 fully saturated rings. The Labute approximate surface area is 165 Å². The van der Waals surface area contributed by atoms with Crippen molar-refractivity contribution in [2.45, 2.75) is 43.9 Å². The first-order chi connectivity index (χ1) is 13.5. The fourth-order valence-electron chi connectivity index (χ4n) is 5.30. The van der Waals surface area contributed by atoms with Crippen LogP contribution in [0, 0.1) is 12.3 Å². The number of rotatable bonds is 3. The number of hydrogen-bond acceptors (Lipinski definition) is 5. The van der Waals surface area contributed by atoms with Gasteiger partial charge in [0.05, 0.1) is 11.3 Å². The predicted octanol–water partition coefficient (Wildman–Crippen LogP) is 2.75. The molecular weight excluding hydrogens is 352 g/mol. The van der Waals surface area contributed by atoms with E-state index in [-0.39, 0.29) is 22.7 Å². The highest BCUT2D eigenvalue weighted by Gasteiger charge is 2.58. The molecule has 1 unspecified atom stereocenters. The molecule has 0 N–H and O–H groups in total. The number of aryl methyl sites for hydroxylation is 1. The molecule has 6 nitrogen and oxygen atoms in total. The van der Waals surface area contributed by atoms with Crippen LogP contribution >= 0.6 is 0 Å². The Morgan fingerprint density at radius 3 is 2.46 bits per heavy atom. The summed E-state index contributed by atoms with van der Waals surface area (Å²) in [5, 5.41) is 4.03. The van der Waals surface area contributed by atoms with E-state index in [0.717, 1.165) is 50.9 Å². The first-order valence-electron chi connectivity index (χ1n) is 10.4. The van der Waals surface area contributed by atoms with Gasteiger partial charge in [-0.1, -0.05) is 35.5 Å². The quantitative estimate of drug-likeness (QED) is 0.819. The molecule has 1 spiro atoms. The van der Waals surface area contributed by atoms with Gasteiger partial charge in [0.25, 0.3) is 0 Å². The fraction of sp³-hybridized carbons (Fsp3) is 0.591. The van der Waals surface area contributed by atoms with Crippen LogP contribution in [0.4, 0.5) is 0 Å². The average molecular weight is 380 g/mol. The average Bonchev–Trinajstić information content (AvgIpc) is 3.29. The Kier molecular flexibility index (Phi) is 4.09. The number of carbonyl (C=O) groups excluding carboxylic acids is 1. The number of nitrogens with zero attached hydrogens (tertiary/aromatic N) is 4. The summed E-state index contributed by atoms with van der Waals surface area (Å²) in [7, 11) is 2.17. The van der Waals surface area contributed by atoms with Crippen LogP contribution in [-0.2, 0) is 10.2 Å². The van der Waals surface area contributed by atoms with E-state index in [9.17, 15) is 4.79 Å². The van der Waals surface area contributed by atoms with E-state index in [4.69, 9.17) is 4.52 Å². The van der Waals surface area contributed by atoms with E-state index < -0.39 is 0 Å². The number of carbonyl (C=O) groups is 1. The van der Waals surface area contributed by atoms with Crippen molar-refractivity contribution in [3.63, 3.8) is 0 Å². The zero-order chi connectivity index (χ0) is 19.4. The summed E-state index contributed by atoms with van der Waals surface area (Å²) in [6.45, 7) is 5.46. The SMILES string of the molecule is Cc1noc(C2CN(C(=O)C3(c4ccccc4)CC3)CC23CCN(C)CC3)n1. The minimum absolute atomic E-state index is 0.0495. The molecule has 1 saturated carbocycles. The molecule has 1 atom stereocenters. The molecule has 6 heteroatoms. The van der Waals surface area contributed by atoms with E-state index in [1.165, 1.54) is 0 Å². The molecule has 1 amide bonds.